The fourth-order valence-corrected chi connectivity index (χ4v) is 3.01. The summed E-state index contributed by atoms with van der Waals surface area (Å²) in [6.07, 6.45) is 0.368. The Morgan fingerprint density at radius 2 is 2.05 bits per heavy atom. The van der Waals surface area contributed by atoms with Gasteiger partial charge in [0.2, 0.25) is 0 Å². The molecule has 106 valence electrons. The van der Waals surface area contributed by atoms with Crippen molar-refractivity contribution in [1.29, 1.82) is 0 Å². The number of aromatic carboxylic acids is 1. The van der Waals surface area contributed by atoms with E-state index in [1.165, 1.54) is 6.92 Å². The summed E-state index contributed by atoms with van der Waals surface area (Å²) in [6.45, 7) is 1.34. The second-order valence-electron chi connectivity index (χ2n) is 4.52. The number of carboxylic acid groups (broad SMARTS) is 1. The molecule has 3 rings (SSSR count). The Kier molecular flexibility index (Phi) is 3.26. The minimum Gasteiger partial charge on any atom is -0.476 e. The number of carbonyl (C=O) groups is 2. The van der Waals surface area contributed by atoms with E-state index in [0.717, 1.165) is 22.4 Å². The van der Waals surface area contributed by atoms with E-state index < -0.39 is 5.97 Å². The number of carbonyl (C=O) groups excluding carboxylic acids is 1. The molecule has 2 heterocycles. The van der Waals surface area contributed by atoms with Gasteiger partial charge in [-0.05, 0) is 12.1 Å². The van der Waals surface area contributed by atoms with Gasteiger partial charge in [0.25, 0.3) is 0 Å². The molecule has 0 unspecified atom stereocenters. The smallest absolute Gasteiger partial charge is 0.356 e. The summed E-state index contributed by atoms with van der Waals surface area (Å²) in [6, 6.07) is 7.61. The number of nitrogens with zero attached hydrogens (tertiary/aromatic N) is 2. The van der Waals surface area contributed by atoms with Crippen LogP contribution in [0.5, 0.6) is 0 Å². The van der Waals surface area contributed by atoms with E-state index >= 15 is 0 Å². The predicted molar refractivity (Wildman–Crippen MR) is 78.0 cm³/mol. The summed E-state index contributed by atoms with van der Waals surface area (Å²) >= 11 is 1.10. The van der Waals surface area contributed by atoms with E-state index in [9.17, 15) is 9.59 Å². The fourth-order valence-electron chi connectivity index (χ4n) is 2.06. The number of benzene rings is 1. The maximum atomic E-state index is 11.5. The van der Waals surface area contributed by atoms with Gasteiger partial charge in [0.05, 0.1) is 17.5 Å². The maximum absolute atomic E-state index is 11.5. The standard InChI is InChI=1S/C14H11N3O3S/c1-7(18)13-12(14(19)20)17-11(21-13)6-10-15-8-4-2-3-5-9(8)16-10/h2-5H,6H2,1H3,(H,15,16)(H,19,20). The van der Waals surface area contributed by atoms with Gasteiger partial charge in [-0.3, -0.25) is 4.79 Å². The minimum absolute atomic E-state index is 0.175. The normalized spacial score (nSPS) is 10.9. The monoisotopic (exact) mass is 301 g/mol. The van der Waals surface area contributed by atoms with Crippen molar-refractivity contribution in [3.8, 4) is 0 Å². The van der Waals surface area contributed by atoms with Gasteiger partial charge in [0.1, 0.15) is 15.7 Å². The molecule has 0 saturated heterocycles. The molecule has 21 heavy (non-hydrogen) atoms. The quantitative estimate of drug-likeness (QED) is 0.722. The van der Waals surface area contributed by atoms with Crippen molar-refractivity contribution in [1.82, 2.24) is 15.0 Å². The van der Waals surface area contributed by atoms with Gasteiger partial charge in [-0.2, -0.15) is 0 Å². The minimum atomic E-state index is -1.19. The van der Waals surface area contributed by atoms with Crippen LogP contribution in [0.4, 0.5) is 0 Å². The third-order valence-electron chi connectivity index (χ3n) is 2.95. The highest BCUT2D eigenvalue weighted by atomic mass is 32.1. The van der Waals surface area contributed by atoms with Crippen LogP contribution in [0.1, 0.15) is 37.9 Å². The van der Waals surface area contributed by atoms with Crippen LogP contribution in [0.3, 0.4) is 0 Å². The number of imidazole rings is 1. The molecule has 0 spiro atoms. The molecule has 2 aromatic heterocycles. The van der Waals surface area contributed by atoms with Gasteiger partial charge in [0.15, 0.2) is 11.5 Å². The van der Waals surface area contributed by atoms with Crippen LogP contribution in [0.15, 0.2) is 24.3 Å². The van der Waals surface area contributed by atoms with Crippen LogP contribution < -0.4 is 0 Å². The average Bonchev–Trinajstić information content (AvgIpc) is 3.02. The van der Waals surface area contributed by atoms with Crippen molar-refractivity contribution >= 4 is 34.1 Å². The van der Waals surface area contributed by atoms with Gasteiger partial charge < -0.3 is 10.1 Å². The molecule has 0 aliphatic heterocycles. The Labute approximate surface area is 123 Å². The van der Waals surface area contributed by atoms with Crippen molar-refractivity contribution in [2.75, 3.05) is 0 Å². The zero-order valence-electron chi connectivity index (χ0n) is 11.1. The van der Waals surface area contributed by atoms with Crippen LogP contribution in [-0.2, 0) is 6.42 Å². The van der Waals surface area contributed by atoms with Crippen LogP contribution >= 0.6 is 11.3 Å². The second-order valence-corrected chi connectivity index (χ2v) is 5.61. The van der Waals surface area contributed by atoms with Crippen molar-refractivity contribution in [3.05, 3.63) is 45.7 Å². The molecule has 0 amide bonds. The molecule has 2 N–H and O–H groups in total. The first-order valence-electron chi connectivity index (χ1n) is 6.22. The largest absolute Gasteiger partial charge is 0.476 e. The Balaban J connectivity index is 1.96. The molecule has 3 aromatic rings. The Morgan fingerprint density at radius 1 is 1.29 bits per heavy atom. The Morgan fingerprint density at radius 3 is 2.67 bits per heavy atom. The predicted octanol–water partition coefficient (Wildman–Crippen LogP) is 2.51. The van der Waals surface area contributed by atoms with Crippen molar-refractivity contribution in [2.24, 2.45) is 0 Å². The number of nitrogens with one attached hydrogen (secondary N) is 1. The third-order valence-corrected chi connectivity index (χ3v) is 4.11. The van der Waals surface area contributed by atoms with E-state index in [0.29, 0.717) is 17.3 Å². The number of Topliss-reactive ketones (excluding diaryl/α,β-unsaturated/α-hetero) is 1. The number of hydrogen-bond donors (Lipinski definition) is 2. The number of carboxylic acids is 1. The number of aromatic nitrogens is 3. The van der Waals surface area contributed by atoms with E-state index in [1.807, 2.05) is 24.3 Å². The first-order valence-corrected chi connectivity index (χ1v) is 7.04. The van der Waals surface area contributed by atoms with Crippen molar-refractivity contribution in [2.45, 2.75) is 13.3 Å². The van der Waals surface area contributed by atoms with Crippen LogP contribution in [0, 0.1) is 0 Å². The first kappa shape index (κ1) is 13.4. The summed E-state index contributed by atoms with van der Waals surface area (Å²) < 4.78 is 0. The molecule has 7 heteroatoms. The fraction of sp³-hybridized carbons (Fsp3) is 0.143. The number of H-pyrrole nitrogens is 1. The molecule has 1 aromatic carbocycles. The van der Waals surface area contributed by atoms with Crippen molar-refractivity contribution < 1.29 is 14.7 Å². The SMILES string of the molecule is CC(=O)c1sc(Cc2nc3ccccc3[nH]2)nc1C(=O)O. The molecule has 0 aliphatic carbocycles. The van der Waals surface area contributed by atoms with E-state index in [1.54, 1.807) is 0 Å². The van der Waals surface area contributed by atoms with Crippen LogP contribution in [-0.4, -0.2) is 31.8 Å². The molecule has 0 atom stereocenters. The Bertz CT molecular complexity index is 786. The summed E-state index contributed by atoms with van der Waals surface area (Å²) in [5, 5.41) is 9.63. The molecule has 0 bridgehead atoms. The number of hydrogen-bond acceptors (Lipinski definition) is 5. The van der Waals surface area contributed by atoms with Gasteiger partial charge >= 0.3 is 5.97 Å². The summed E-state index contributed by atoms with van der Waals surface area (Å²) in [5.41, 5.74) is 1.57. The lowest BCUT2D eigenvalue weighted by Crippen LogP contribution is -2.03. The number of fused-ring (bicyclic) bond motifs is 1. The first-order chi connectivity index (χ1) is 10.0. The van der Waals surface area contributed by atoms with Gasteiger partial charge in [0, 0.05) is 6.92 Å². The topological polar surface area (TPSA) is 95.9 Å². The lowest BCUT2D eigenvalue weighted by atomic mass is 10.3. The van der Waals surface area contributed by atoms with Crippen LogP contribution in [0.2, 0.25) is 0 Å². The zero-order valence-corrected chi connectivity index (χ0v) is 11.9. The number of ketones is 1. The molecule has 0 saturated carbocycles. The molecule has 6 nitrogen and oxygen atoms in total. The maximum Gasteiger partial charge on any atom is 0.356 e. The lowest BCUT2D eigenvalue weighted by molar-refractivity contribution is 0.0687. The van der Waals surface area contributed by atoms with E-state index in [2.05, 4.69) is 15.0 Å². The van der Waals surface area contributed by atoms with E-state index in [4.69, 9.17) is 5.11 Å². The highest BCUT2D eigenvalue weighted by Crippen LogP contribution is 2.22. The zero-order chi connectivity index (χ0) is 15.0. The third kappa shape index (κ3) is 2.55. The molecular formula is C14H11N3O3S. The van der Waals surface area contributed by atoms with Gasteiger partial charge in [-0.25, -0.2) is 14.8 Å². The van der Waals surface area contributed by atoms with E-state index in [-0.39, 0.29) is 16.4 Å². The number of thiazole rings is 1. The van der Waals surface area contributed by atoms with Crippen molar-refractivity contribution in [3.63, 3.8) is 0 Å². The highest BCUT2D eigenvalue weighted by Gasteiger charge is 2.21. The molecule has 0 fully saturated rings. The van der Waals surface area contributed by atoms with Crippen LogP contribution in [0.25, 0.3) is 11.0 Å². The summed E-state index contributed by atoms with van der Waals surface area (Å²) in [5.74, 6) is -0.787. The number of para-hydroxylation sites is 2. The average molecular weight is 301 g/mol. The lowest BCUT2D eigenvalue weighted by Gasteiger charge is -1.90. The number of aromatic amines is 1. The van der Waals surface area contributed by atoms with Gasteiger partial charge in [-0.1, -0.05) is 12.1 Å². The molecular weight excluding hydrogens is 290 g/mol. The van der Waals surface area contributed by atoms with Gasteiger partial charge in [-0.15, -0.1) is 11.3 Å². The number of rotatable bonds is 4. The summed E-state index contributed by atoms with van der Waals surface area (Å²) in [4.78, 5) is 34.3. The summed E-state index contributed by atoms with van der Waals surface area (Å²) in [7, 11) is 0. The molecule has 0 radical (unpaired) electrons. The Hall–Kier alpha value is -2.54. The second kappa shape index (κ2) is 5.10. The molecule has 0 aliphatic rings. The highest BCUT2D eigenvalue weighted by molar-refractivity contribution is 7.14.